The summed E-state index contributed by atoms with van der Waals surface area (Å²) in [6.45, 7) is 0.0743. The first kappa shape index (κ1) is 15.5. The highest BCUT2D eigenvalue weighted by molar-refractivity contribution is 7.89. The number of carboxylic acid groups (broad SMARTS) is 1. The molecule has 0 aliphatic carbocycles. The van der Waals surface area contributed by atoms with Gasteiger partial charge in [0.2, 0.25) is 10.0 Å². The van der Waals surface area contributed by atoms with Crippen LogP contribution in [0.2, 0.25) is 5.02 Å². The van der Waals surface area contributed by atoms with E-state index in [0.29, 0.717) is 10.6 Å². The molecule has 0 spiro atoms. The molecule has 7 heteroatoms. The molecular weight excluding hydrogens is 314 g/mol. The summed E-state index contributed by atoms with van der Waals surface area (Å²) in [6, 6.07) is 11.8. The molecule has 2 aromatic rings. The summed E-state index contributed by atoms with van der Waals surface area (Å²) in [6.07, 6.45) is 0. The number of carboxylic acids is 1. The summed E-state index contributed by atoms with van der Waals surface area (Å²) in [5, 5.41) is 9.24. The Bertz CT molecular complexity index is 740. The van der Waals surface area contributed by atoms with Crippen molar-refractivity contribution >= 4 is 27.6 Å². The van der Waals surface area contributed by atoms with Crippen LogP contribution in [0.3, 0.4) is 0 Å². The van der Waals surface area contributed by atoms with E-state index in [1.807, 2.05) is 0 Å². The van der Waals surface area contributed by atoms with Crippen molar-refractivity contribution in [3.8, 4) is 0 Å². The fraction of sp³-hybridized carbons (Fsp3) is 0.0714. The quantitative estimate of drug-likeness (QED) is 0.884. The van der Waals surface area contributed by atoms with E-state index in [-0.39, 0.29) is 17.0 Å². The fourth-order valence-corrected chi connectivity index (χ4v) is 2.78. The average molecular weight is 326 g/mol. The van der Waals surface area contributed by atoms with E-state index in [2.05, 4.69) is 4.72 Å². The van der Waals surface area contributed by atoms with E-state index in [9.17, 15) is 13.2 Å². The van der Waals surface area contributed by atoms with Gasteiger partial charge in [-0.15, -0.1) is 0 Å². The zero-order valence-corrected chi connectivity index (χ0v) is 12.4. The minimum atomic E-state index is -3.63. The van der Waals surface area contributed by atoms with Gasteiger partial charge in [-0.3, -0.25) is 0 Å². The van der Waals surface area contributed by atoms with Crippen LogP contribution in [-0.4, -0.2) is 19.5 Å². The highest BCUT2D eigenvalue weighted by atomic mass is 35.5. The van der Waals surface area contributed by atoms with Crippen LogP contribution in [0, 0.1) is 0 Å². The Balaban J connectivity index is 2.08. The summed E-state index contributed by atoms with van der Waals surface area (Å²) in [5.41, 5.74) is 0.817. The molecule has 0 fully saturated rings. The van der Waals surface area contributed by atoms with Crippen LogP contribution in [-0.2, 0) is 16.6 Å². The maximum Gasteiger partial charge on any atom is 0.335 e. The molecule has 0 bridgehead atoms. The number of halogens is 1. The third-order valence-electron chi connectivity index (χ3n) is 2.79. The molecule has 2 rings (SSSR count). The predicted molar refractivity (Wildman–Crippen MR) is 78.9 cm³/mol. The standard InChI is InChI=1S/C14H12ClNO4S/c15-12-5-7-13(8-6-12)21(19,20)16-9-10-1-3-11(4-2-10)14(17)18/h1-8,16H,9H2,(H,17,18). The second-order valence-electron chi connectivity index (χ2n) is 4.28. The number of hydrogen-bond donors (Lipinski definition) is 2. The topological polar surface area (TPSA) is 83.5 Å². The van der Waals surface area contributed by atoms with Crippen LogP contribution in [0.15, 0.2) is 53.4 Å². The smallest absolute Gasteiger partial charge is 0.335 e. The molecule has 0 aliphatic rings. The van der Waals surface area contributed by atoms with E-state index in [0.717, 1.165) is 0 Å². The molecule has 0 saturated heterocycles. The van der Waals surface area contributed by atoms with Crippen molar-refractivity contribution in [2.45, 2.75) is 11.4 Å². The lowest BCUT2D eigenvalue weighted by Crippen LogP contribution is -2.23. The molecule has 21 heavy (non-hydrogen) atoms. The SMILES string of the molecule is O=C(O)c1ccc(CNS(=O)(=O)c2ccc(Cl)cc2)cc1. The van der Waals surface area contributed by atoms with Crippen molar-refractivity contribution < 1.29 is 18.3 Å². The van der Waals surface area contributed by atoms with E-state index in [1.165, 1.54) is 36.4 Å². The van der Waals surface area contributed by atoms with Gasteiger partial charge in [-0.2, -0.15) is 0 Å². The first-order valence-electron chi connectivity index (χ1n) is 5.96. The summed E-state index contributed by atoms with van der Waals surface area (Å²) in [4.78, 5) is 10.8. The van der Waals surface area contributed by atoms with Crippen molar-refractivity contribution in [2.24, 2.45) is 0 Å². The third kappa shape index (κ3) is 4.04. The van der Waals surface area contributed by atoms with Crippen molar-refractivity contribution in [1.29, 1.82) is 0 Å². The molecular formula is C14H12ClNO4S. The zero-order chi connectivity index (χ0) is 15.5. The second kappa shape index (κ2) is 6.26. The number of rotatable bonds is 5. The Morgan fingerprint density at radius 3 is 2.14 bits per heavy atom. The zero-order valence-electron chi connectivity index (χ0n) is 10.8. The monoisotopic (exact) mass is 325 g/mol. The first-order chi connectivity index (χ1) is 9.88. The van der Waals surface area contributed by atoms with Gasteiger partial charge in [0.25, 0.3) is 0 Å². The van der Waals surface area contributed by atoms with Crippen molar-refractivity contribution in [3.05, 3.63) is 64.7 Å². The number of sulfonamides is 1. The Morgan fingerprint density at radius 2 is 1.62 bits per heavy atom. The molecule has 0 saturated carbocycles. The first-order valence-corrected chi connectivity index (χ1v) is 7.82. The lowest BCUT2D eigenvalue weighted by Gasteiger charge is -2.07. The van der Waals surface area contributed by atoms with Gasteiger partial charge < -0.3 is 5.11 Å². The lowest BCUT2D eigenvalue weighted by atomic mass is 10.1. The highest BCUT2D eigenvalue weighted by Gasteiger charge is 2.13. The van der Waals surface area contributed by atoms with E-state index >= 15 is 0 Å². The second-order valence-corrected chi connectivity index (χ2v) is 6.48. The van der Waals surface area contributed by atoms with Crippen LogP contribution < -0.4 is 4.72 Å². The molecule has 0 radical (unpaired) electrons. The van der Waals surface area contributed by atoms with Crippen LogP contribution in [0.5, 0.6) is 0 Å². The van der Waals surface area contributed by atoms with Gasteiger partial charge in [0.05, 0.1) is 10.5 Å². The van der Waals surface area contributed by atoms with Crippen LogP contribution in [0.25, 0.3) is 0 Å². The van der Waals surface area contributed by atoms with Crippen LogP contribution >= 0.6 is 11.6 Å². The fourth-order valence-electron chi connectivity index (χ4n) is 1.64. The Kier molecular flexibility index (Phi) is 4.62. The minimum absolute atomic E-state index is 0.0743. The molecule has 2 aromatic carbocycles. The molecule has 0 unspecified atom stereocenters. The lowest BCUT2D eigenvalue weighted by molar-refractivity contribution is 0.0697. The van der Waals surface area contributed by atoms with Gasteiger partial charge in [-0.25, -0.2) is 17.9 Å². The summed E-state index contributed by atoms with van der Waals surface area (Å²) < 4.78 is 26.5. The molecule has 5 nitrogen and oxygen atoms in total. The van der Waals surface area contributed by atoms with E-state index < -0.39 is 16.0 Å². The summed E-state index contributed by atoms with van der Waals surface area (Å²) >= 11 is 5.71. The highest BCUT2D eigenvalue weighted by Crippen LogP contribution is 2.14. The maximum absolute atomic E-state index is 12.0. The molecule has 0 aromatic heterocycles. The summed E-state index contributed by atoms with van der Waals surface area (Å²) in [5.74, 6) is -1.02. The third-order valence-corrected chi connectivity index (χ3v) is 4.46. The maximum atomic E-state index is 12.0. The molecule has 0 atom stereocenters. The number of hydrogen-bond acceptors (Lipinski definition) is 3. The van der Waals surface area contributed by atoms with Crippen LogP contribution in [0.4, 0.5) is 0 Å². The van der Waals surface area contributed by atoms with Gasteiger partial charge in [-0.05, 0) is 42.0 Å². The summed E-state index contributed by atoms with van der Waals surface area (Å²) in [7, 11) is -3.63. The molecule has 0 amide bonds. The number of aromatic carboxylic acids is 1. The number of benzene rings is 2. The van der Waals surface area contributed by atoms with Gasteiger partial charge in [0.15, 0.2) is 0 Å². The molecule has 0 aliphatic heterocycles. The normalized spacial score (nSPS) is 11.3. The van der Waals surface area contributed by atoms with E-state index in [1.54, 1.807) is 12.1 Å². The average Bonchev–Trinajstić information content (AvgIpc) is 2.46. The van der Waals surface area contributed by atoms with Crippen molar-refractivity contribution in [1.82, 2.24) is 4.72 Å². The van der Waals surface area contributed by atoms with Crippen LogP contribution in [0.1, 0.15) is 15.9 Å². The van der Waals surface area contributed by atoms with E-state index in [4.69, 9.17) is 16.7 Å². The van der Waals surface area contributed by atoms with Gasteiger partial charge in [0.1, 0.15) is 0 Å². The Hall–Kier alpha value is -1.89. The van der Waals surface area contributed by atoms with Crippen molar-refractivity contribution in [2.75, 3.05) is 0 Å². The molecule has 110 valence electrons. The van der Waals surface area contributed by atoms with Gasteiger partial charge in [-0.1, -0.05) is 23.7 Å². The Morgan fingerprint density at radius 1 is 1.05 bits per heavy atom. The van der Waals surface area contributed by atoms with Gasteiger partial charge in [0, 0.05) is 11.6 Å². The molecule has 2 N–H and O–H groups in total. The van der Waals surface area contributed by atoms with Gasteiger partial charge >= 0.3 is 5.97 Å². The minimum Gasteiger partial charge on any atom is -0.478 e. The largest absolute Gasteiger partial charge is 0.478 e. The Labute approximate surface area is 127 Å². The molecule has 0 heterocycles. The van der Waals surface area contributed by atoms with Crippen molar-refractivity contribution in [3.63, 3.8) is 0 Å². The number of nitrogens with one attached hydrogen (secondary N) is 1. The predicted octanol–water partition coefficient (Wildman–Crippen LogP) is 2.52. The number of carbonyl (C=O) groups is 1.